The highest BCUT2D eigenvalue weighted by atomic mass is 16.5. The van der Waals surface area contributed by atoms with E-state index in [1.54, 1.807) is 49.6 Å². The van der Waals surface area contributed by atoms with Crippen molar-refractivity contribution in [2.75, 3.05) is 34.5 Å². The van der Waals surface area contributed by atoms with Crippen LogP contribution in [0, 0.1) is 0 Å². The molecule has 1 fully saturated rings. The Morgan fingerprint density at radius 3 is 2.39 bits per heavy atom. The molecule has 1 aliphatic heterocycles. The Morgan fingerprint density at radius 2 is 1.68 bits per heavy atom. The van der Waals surface area contributed by atoms with Crippen LogP contribution in [0.25, 0.3) is 5.76 Å². The van der Waals surface area contributed by atoms with Crippen LogP contribution in [-0.4, -0.2) is 56.2 Å². The second kappa shape index (κ2) is 12.3. The van der Waals surface area contributed by atoms with E-state index < -0.39 is 17.7 Å². The van der Waals surface area contributed by atoms with Crippen LogP contribution in [0.1, 0.15) is 29.2 Å². The van der Waals surface area contributed by atoms with Crippen LogP contribution in [-0.2, 0) is 20.9 Å². The van der Waals surface area contributed by atoms with Crippen molar-refractivity contribution in [3.05, 3.63) is 95.1 Å². The van der Waals surface area contributed by atoms with E-state index >= 15 is 0 Å². The first-order valence-electron chi connectivity index (χ1n) is 12.2. The number of carbonyl (C=O) groups is 2. The molecule has 1 heterocycles. The van der Waals surface area contributed by atoms with E-state index in [-0.39, 0.29) is 17.9 Å². The number of aliphatic hydroxyl groups excluding tert-OH is 1. The van der Waals surface area contributed by atoms with Crippen molar-refractivity contribution in [2.24, 2.45) is 0 Å². The van der Waals surface area contributed by atoms with Gasteiger partial charge in [0.1, 0.15) is 18.1 Å². The van der Waals surface area contributed by atoms with E-state index in [4.69, 9.17) is 18.9 Å². The molecule has 0 saturated carbocycles. The predicted molar refractivity (Wildman–Crippen MR) is 142 cm³/mol. The van der Waals surface area contributed by atoms with Gasteiger partial charge in [-0.2, -0.15) is 0 Å². The van der Waals surface area contributed by atoms with Crippen molar-refractivity contribution in [1.82, 2.24) is 4.90 Å². The van der Waals surface area contributed by atoms with Crippen LogP contribution in [0.3, 0.4) is 0 Å². The van der Waals surface area contributed by atoms with Gasteiger partial charge in [-0.25, -0.2) is 0 Å². The first kappa shape index (κ1) is 26.8. The second-order valence-corrected chi connectivity index (χ2v) is 8.76. The van der Waals surface area contributed by atoms with Gasteiger partial charge in [-0.1, -0.05) is 48.5 Å². The SMILES string of the molecule is COCCCN1C(=O)C(=O)C(=C(O)c2cccc(OC)c2)C1c1ccc(OCc2ccccc2)c(OC)c1. The van der Waals surface area contributed by atoms with Gasteiger partial charge in [-0.05, 0) is 41.8 Å². The summed E-state index contributed by atoms with van der Waals surface area (Å²) in [6.07, 6.45) is 0.522. The first-order valence-corrected chi connectivity index (χ1v) is 12.2. The number of Topliss-reactive ketones (excluding diaryl/α,β-unsaturated/α-hetero) is 1. The Hall–Kier alpha value is -4.30. The summed E-state index contributed by atoms with van der Waals surface area (Å²) < 4.78 is 22.0. The lowest BCUT2D eigenvalue weighted by atomic mass is 9.95. The zero-order chi connectivity index (χ0) is 27.1. The number of likely N-dealkylation sites (tertiary alicyclic amines) is 1. The lowest BCUT2D eigenvalue weighted by molar-refractivity contribution is -0.140. The molecule has 0 radical (unpaired) electrons. The first-order chi connectivity index (χ1) is 18.5. The molecule has 0 spiro atoms. The minimum absolute atomic E-state index is 0.000627. The summed E-state index contributed by atoms with van der Waals surface area (Å²) in [6.45, 7) is 1.04. The third-order valence-corrected chi connectivity index (χ3v) is 6.37. The highest BCUT2D eigenvalue weighted by Gasteiger charge is 2.46. The van der Waals surface area contributed by atoms with Crippen molar-refractivity contribution < 1.29 is 33.6 Å². The molecule has 8 heteroatoms. The maximum Gasteiger partial charge on any atom is 0.295 e. The van der Waals surface area contributed by atoms with E-state index in [2.05, 4.69) is 0 Å². The molecule has 38 heavy (non-hydrogen) atoms. The third kappa shape index (κ3) is 5.65. The quantitative estimate of drug-likeness (QED) is 0.170. The summed E-state index contributed by atoms with van der Waals surface area (Å²) in [6, 6.07) is 20.9. The largest absolute Gasteiger partial charge is 0.507 e. The van der Waals surface area contributed by atoms with Crippen molar-refractivity contribution in [2.45, 2.75) is 19.1 Å². The molecule has 1 amide bonds. The summed E-state index contributed by atoms with van der Waals surface area (Å²) in [5, 5.41) is 11.3. The fraction of sp³-hybridized carbons (Fsp3) is 0.267. The highest BCUT2D eigenvalue weighted by molar-refractivity contribution is 6.46. The third-order valence-electron chi connectivity index (χ3n) is 6.37. The van der Waals surface area contributed by atoms with Gasteiger partial charge in [-0.15, -0.1) is 0 Å². The molecular formula is C30H31NO7. The van der Waals surface area contributed by atoms with Crippen LogP contribution in [0.5, 0.6) is 17.2 Å². The van der Waals surface area contributed by atoms with Gasteiger partial charge in [0.15, 0.2) is 11.5 Å². The van der Waals surface area contributed by atoms with Gasteiger partial charge in [0, 0.05) is 25.8 Å². The van der Waals surface area contributed by atoms with Crippen LogP contribution in [0.15, 0.2) is 78.4 Å². The number of nitrogens with zero attached hydrogens (tertiary/aromatic N) is 1. The molecule has 0 bridgehead atoms. The Labute approximate surface area is 222 Å². The number of hydrogen-bond acceptors (Lipinski definition) is 7. The van der Waals surface area contributed by atoms with Crippen molar-refractivity contribution in [3.63, 3.8) is 0 Å². The van der Waals surface area contributed by atoms with Gasteiger partial charge in [0.05, 0.1) is 25.8 Å². The Morgan fingerprint density at radius 1 is 0.895 bits per heavy atom. The van der Waals surface area contributed by atoms with E-state index in [0.29, 0.717) is 48.0 Å². The zero-order valence-corrected chi connectivity index (χ0v) is 21.7. The van der Waals surface area contributed by atoms with Gasteiger partial charge in [-0.3, -0.25) is 9.59 Å². The number of ketones is 1. The maximum atomic E-state index is 13.3. The number of amides is 1. The maximum absolute atomic E-state index is 13.3. The van der Waals surface area contributed by atoms with Crippen molar-refractivity contribution >= 4 is 17.4 Å². The number of aliphatic hydroxyl groups is 1. The molecule has 3 aromatic carbocycles. The van der Waals surface area contributed by atoms with Gasteiger partial charge in [0.2, 0.25) is 0 Å². The van der Waals surface area contributed by atoms with Crippen LogP contribution < -0.4 is 14.2 Å². The predicted octanol–water partition coefficient (Wildman–Crippen LogP) is 4.74. The Kier molecular flexibility index (Phi) is 8.66. The molecule has 8 nitrogen and oxygen atoms in total. The van der Waals surface area contributed by atoms with Crippen molar-refractivity contribution in [3.8, 4) is 17.2 Å². The summed E-state index contributed by atoms with van der Waals surface area (Å²) in [4.78, 5) is 27.9. The molecule has 1 atom stereocenters. The van der Waals surface area contributed by atoms with Crippen molar-refractivity contribution in [1.29, 1.82) is 0 Å². The number of rotatable bonds is 11. The van der Waals surface area contributed by atoms with E-state index in [1.807, 2.05) is 30.3 Å². The summed E-state index contributed by atoms with van der Waals surface area (Å²) in [5.74, 6) is -0.229. The Bertz CT molecular complexity index is 1320. The fourth-order valence-electron chi connectivity index (χ4n) is 4.47. The molecule has 3 aromatic rings. The van der Waals surface area contributed by atoms with E-state index in [0.717, 1.165) is 5.56 Å². The second-order valence-electron chi connectivity index (χ2n) is 8.76. The lowest BCUT2D eigenvalue weighted by Crippen LogP contribution is -2.31. The monoisotopic (exact) mass is 517 g/mol. The highest BCUT2D eigenvalue weighted by Crippen LogP contribution is 2.42. The van der Waals surface area contributed by atoms with Crippen LogP contribution in [0.2, 0.25) is 0 Å². The number of benzene rings is 3. The fourth-order valence-corrected chi connectivity index (χ4v) is 4.47. The molecule has 4 rings (SSSR count). The smallest absolute Gasteiger partial charge is 0.295 e. The van der Waals surface area contributed by atoms with E-state index in [1.165, 1.54) is 19.1 Å². The van der Waals surface area contributed by atoms with Crippen LogP contribution >= 0.6 is 0 Å². The molecule has 198 valence electrons. The Balaban J connectivity index is 1.75. The minimum Gasteiger partial charge on any atom is -0.507 e. The molecule has 0 aliphatic carbocycles. The topological polar surface area (TPSA) is 94.5 Å². The van der Waals surface area contributed by atoms with Gasteiger partial charge in [0.25, 0.3) is 11.7 Å². The number of hydrogen-bond donors (Lipinski definition) is 1. The molecule has 0 aromatic heterocycles. The molecule has 1 saturated heterocycles. The average Bonchev–Trinajstić information content (AvgIpc) is 3.21. The van der Waals surface area contributed by atoms with Crippen LogP contribution in [0.4, 0.5) is 0 Å². The molecular weight excluding hydrogens is 486 g/mol. The number of carbonyl (C=O) groups excluding carboxylic acids is 2. The summed E-state index contributed by atoms with van der Waals surface area (Å²) >= 11 is 0. The zero-order valence-electron chi connectivity index (χ0n) is 21.7. The lowest BCUT2D eigenvalue weighted by Gasteiger charge is -2.26. The summed E-state index contributed by atoms with van der Waals surface area (Å²) in [7, 11) is 4.62. The summed E-state index contributed by atoms with van der Waals surface area (Å²) in [5.41, 5.74) is 1.98. The molecule has 1 N–H and O–H groups in total. The normalized spacial score (nSPS) is 16.5. The van der Waals surface area contributed by atoms with Gasteiger partial charge < -0.3 is 29.0 Å². The average molecular weight is 518 g/mol. The molecule has 1 aliphatic rings. The standard InChI is InChI=1S/C30H31NO7/c1-35-16-8-15-31-27(26(29(33)30(31)34)28(32)22-11-7-12-23(17-22)36-2)21-13-14-24(25(18-21)37-3)38-19-20-9-5-4-6-10-20/h4-7,9-14,17-18,27,32H,8,15-16,19H2,1-3H3. The minimum atomic E-state index is -0.824. The number of methoxy groups -OCH3 is 3. The van der Waals surface area contributed by atoms with E-state index in [9.17, 15) is 14.7 Å². The molecule has 1 unspecified atom stereocenters. The number of ether oxygens (including phenoxy) is 4. The van der Waals surface area contributed by atoms with Gasteiger partial charge >= 0.3 is 0 Å².